The summed E-state index contributed by atoms with van der Waals surface area (Å²) in [5, 5.41) is 10.9. The molecule has 7 nitrogen and oxygen atoms in total. The van der Waals surface area contributed by atoms with Crippen molar-refractivity contribution in [3.8, 4) is 0 Å². The Balaban J connectivity index is 1.68. The molecule has 1 saturated heterocycles. The predicted molar refractivity (Wildman–Crippen MR) is 75.8 cm³/mol. The van der Waals surface area contributed by atoms with E-state index in [4.69, 9.17) is 4.74 Å². The Kier molecular flexibility index (Phi) is 3.92. The summed E-state index contributed by atoms with van der Waals surface area (Å²) >= 11 is 0. The van der Waals surface area contributed by atoms with E-state index in [0.717, 1.165) is 24.1 Å². The standard InChI is InChI=1S/C14H16N4O3/c19-13(15-8-10-4-3-7-21-10)9-18-14(20)11-5-1-2-6-12(11)16-17-18/h1-2,5-6,10H,3-4,7-9H2,(H,15,19)/t10-/m0/s1. The maximum absolute atomic E-state index is 12.2. The number of hydrogen-bond acceptors (Lipinski definition) is 5. The highest BCUT2D eigenvalue weighted by Gasteiger charge is 2.16. The first kappa shape index (κ1) is 13.7. The number of carbonyl (C=O) groups excluding carboxylic acids is 1. The second kappa shape index (κ2) is 6.01. The van der Waals surface area contributed by atoms with Gasteiger partial charge in [0.05, 0.1) is 11.5 Å². The predicted octanol–water partition coefficient (Wildman–Crippen LogP) is 0.0867. The van der Waals surface area contributed by atoms with Gasteiger partial charge in [0.1, 0.15) is 12.1 Å². The molecule has 0 aliphatic carbocycles. The van der Waals surface area contributed by atoms with Gasteiger partial charge in [-0.3, -0.25) is 9.59 Å². The van der Waals surface area contributed by atoms with Crippen molar-refractivity contribution in [2.75, 3.05) is 13.2 Å². The number of ether oxygens (including phenoxy) is 1. The number of fused-ring (bicyclic) bond motifs is 1. The molecule has 1 aromatic carbocycles. The Morgan fingerprint density at radius 2 is 2.29 bits per heavy atom. The molecule has 1 aliphatic rings. The van der Waals surface area contributed by atoms with Crippen molar-refractivity contribution in [1.29, 1.82) is 0 Å². The first-order valence-corrected chi connectivity index (χ1v) is 6.95. The Bertz CT molecular complexity index is 707. The average Bonchev–Trinajstić information content (AvgIpc) is 3.02. The summed E-state index contributed by atoms with van der Waals surface area (Å²) in [7, 11) is 0. The van der Waals surface area contributed by atoms with Crippen LogP contribution in [0.3, 0.4) is 0 Å². The second-order valence-electron chi connectivity index (χ2n) is 5.01. The summed E-state index contributed by atoms with van der Waals surface area (Å²) in [4.78, 5) is 24.0. The summed E-state index contributed by atoms with van der Waals surface area (Å²) in [6.45, 7) is 1.08. The van der Waals surface area contributed by atoms with Crippen LogP contribution in [0, 0.1) is 0 Å². The molecule has 0 saturated carbocycles. The van der Waals surface area contributed by atoms with Crippen LogP contribution in [0.2, 0.25) is 0 Å². The highest BCUT2D eigenvalue weighted by molar-refractivity contribution is 5.78. The van der Waals surface area contributed by atoms with Gasteiger partial charge in [0.25, 0.3) is 5.56 Å². The first-order valence-electron chi connectivity index (χ1n) is 6.95. The Morgan fingerprint density at radius 1 is 1.43 bits per heavy atom. The normalized spacial score (nSPS) is 18.0. The molecule has 2 heterocycles. The lowest BCUT2D eigenvalue weighted by atomic mass is 10.2. The van der Waals surface area contributed by atoms with E-state index in [1.165, 1.54) is 0 Å². The third-order valence-electron chi connectivity index (χ3n) is 3.47. The first-order chi connectivity index (χ1) is 10.2. The van der Waals surface area contributed by atoms with E-state index < -0.39 is 0 Å². The van der Waals surface area contributed by atoms with Gasteiger partial charge in [-0.15, -0.1) is 5.10 Å². The van der Waals surface area contributed by atoms with Gasteiger partial charge < -0.3 is 10.1 Å². The van der Waals surface area contributed by atoms with Crippen LogP contribution >= 0.6 is 0 Å². The van der Waals surface area contributed by atoms with Crippen LogP contribution in [-0.4, -0.2) is 40.2 Å². The van der Waals surface area contributed by atoms with E-state index in [9.17, 15) is 9.59 Å². The van der Waals surface area contributed by atoms with E-state index in [0.29, 0.717) is 17.4 Å². The highest BCUT2D eigenvalue weighted by atomic mass is 16.5. The molecule has 0 bridgehead atoms. The molecule has 1 amide bonds. The molecule has 1 atom stereocenters. The van der Waals surface area contributed by atoms with E-state index >= 15 is 0 Å². The summed E-state index contributed by atoms with van der Waals surface area (Å²) in [5.74, 6) is -0.266. The summed E-state index contributed by atoms with van der Waals surface area (Å²) < 4.78 is 6.50. The fraction of sp³-hybridized carbons (Fsp3) is 0.429. The molecule has 1 N–H and O–H groups in total. The van der Waals surface area contributed by atoms with Crippen LogP contribution in [0.5, 0.6) is 0 Å². The van der Waals surface area contributed by atoms with E-state index in [1.54, 1.807) is 24.3 Å². The van der Waals surface area contributed by atoms with E-state index in [1.807, 2.05) is 0 Å². The summed E-state index contributed by atoms with van der Waals surface area (Å²) in [6.07, 6.45) is 2.06. The third-order valence-corrected chi connectivity index (χ3v) is 3.47. The number of benzene rings is 1. The Morgan fingerprint density at radius 3 is 3.10 bits per heavy atom. The monoisotopic (exact) mass is 288 g/mol. The molecule has 0 unspecified atom stereocenters. The molecule has 110 valence electrons. The summed E-state index contributed by atoms with van der Waals surface area (Å²) in [5.41, 5.74) is 0.214. The number of carbonyl (C=O) groups is 1. The van der Waals surface area contributed by atoms with Crippen LogP contribution in [0.4, 0.5) is 0 Å². The molecule has 7 heteroatoms. The quantitative estimate of drug-likeness (QED) is 0.861. The fourth-order valence-corrected chi connectivity index (χ4v) is 2.35. The molecule has 0 radical (unpaired) electrons. The van der Waals surface area contributed by atoms with Crippen molar-refractivity contribution >= 4 is 16.8 Å². The van der Waals surface area contributed by atoms with Gasteiger partial charge in [-0.1, -0.05) is 17.3 Å². The zero-order valence-electron chi connectivity index (χ0n) is 11.5. The molecule has 1 aromatic heterocycles. The van der Waals surface area contributed by atoms with Crippen LogP contribution in [0.15, 0.2) is 29.1 Å². The van der Waals surface area contributed by atoms with Gasteiger partial charge in [0.15, 0.2) is 0 Å². The minimum absolute atomic E-state index is 0.0772. The van der Waals surface area contributed by atoms with Crippen molar-refractivity contribution in [2.45, 2.75) is 25.5 Å². The van der Waals surface area contributed by atoms with Crippen molar-refractivity contribution in [3.63, 3.8) is 0 Å². The molecule has 21 heavy (non-hydrogen) atoms. The molecule has 1 aliphatic heterocycles. The van der Waals surface area contributed by atoms with Gasteiger partial charge in [0.2, 0.25) is 5.91 Å². The van der Waals surface area contributed by atoms with Gasteiger partial charge in [-0.2, -0.15) is 0 Å². The zero-order chi connectivity index (χ0) is 14.7. The van der Waals surface area contributed by atoms with Crippen molar-refractivity contribution in [1.82, 2.24) is 20.3 Å². The Labute approximate surface area is 120 Å². The second-order valence-corrected chi connectivity index (χ2v) is 5.01. The van der Waals surface area contributed by atoms with Crippen LogP contribution < -0.4 is 10.9 Å². The number of nitrogens with one attached hydrogen (secondary N) is 1. The summed E-state index contributed by atoms with van der Waals surface area (Å²) in [6, 6.07) is 6.93. The maximum atomic E-state index is 12.2. The SMILES string of the molecule is O=C(Cn1nnc2ccccc2c1=O)NC[C@@H]1CCCO1. The minimum Gasteiger partial charge on any atom is -0.376 e. The molecule has 2 aromatic rings. The smallest absolute Gasteiger partial charge is 0.278 e. The van der Waals surface area contributed by atoms with Gasteiger partial charge in [0, 0.05) is 13.2 Å². The lowest BCUT2D eigenvalue weighted by Crippen LogP contribution is -2.37. The average molecular weight is 288 g/mol. The molecular weight excluding hydrogens is 272 g/mol. The third kappa shape index (κ3) is 3.08. The molecule has 3 rings (SSSR count). The number of rotatable bonds is 4. The highest BCUT2D eigenvalue weighted by Crippen LogP contribution is 2.10. The minimum atomic E-state index is -0.312. The van der Waals surface area contributed by atoms with Crippen molar-refractivity contribution < 1.29 is 9.53 Å². The van der Waals surface area contributed by atoms with Gasteiger partial charge >= 0.3 is 0 Å². The number of aromatic nitrogens is 3. The van der Waals surface area contributed by atoms with Gasteiger partial charge in [-0.05, 0) is 25.0 Å². The molecule has 0 spiro atoms. The maximum Gasteiger partial charge on any atom is 0.278 e. The lowest BCUT2D eigenvalue weighted by molar-refractivity contribution is -0.122. The lowest BCUT2D eigenvalue weighted by Gasteiger charge is -2.11. The molecule has 1 fully saturated rings. The van der Waals surface area contributed by atoms with E-state index in [2.05, 4.69) is 15.6 Å². The van der Waals surface area contributed by atoms with E-state index in [-0.39, 0.29) is 24.1 Å². The van der Waals surface area contributed by atoms with Crippen LogP contribution in [0.25, 0.3) is 10.9 Å². The molecular formula is C14H16N4O3. The van der Waals surface area contributed by atoms with Crippen LogP contribution in [0.1, 0.15) is 12.8 Å². The van der Waals surface area contributed by atoms with Crippen molar-refractivity contribution in [2.24, 2.45) is 0 Å². The zero-order valence-corrected chi connectivity index (χ0v) is 11.5. The largest absolute Gasteiger partial charge is 0.376 e. The topological polar surface area (TPSA) is 86.1 Å². The van der Waals surface area contributed by atoms with Crippen molar-refractivity contribution in [3.05, 3.63) is 34.6 Å². The van der Waals surface area contributed by atoms with Gasteiger partial charge in [-0.25, -0.2) is 4.68 Å². The number of nitrogens with zero attached hydrogens (tertiary/aromatic N) is 3. The number of amides is 1. The van der Waals surface area contributed by atoms with Crippen LogP contribution in [-0.2, 0) is 16.1 Å². The number of hydrogen-bond donors (Lipinski definition) is 1. The fourth-order valence-electron chi connectivity index (χ4n) is 2.35. The Hall–Kier alpha value is -2.28.